The van der Waals surface area contributed by atoms with Gasteiger partial charge in [-0.05, 0) is 56.4 Å². The van der Waals surface area contributed by atoms with E-state index >= 15 is 0 Å². The minimum Gasteiger partial charge on any atom is -0.480 e. The number of rotatable bonds is 3. The van der Waals surface area contributed by atoms with Crippen LogP contribution in [0.4, 0.5) is 10.5 Å². The van der Waals surface area contributed by atoms with E-state index in [-0.39, 0.29) is 6.03 Å². The van der Waals surface area contributed by atoms with E-state index in [0.717, 1.165) is 23.2 Å². The summed E-state index contributed by atoms with van der Waals surface area (Å²) in [6.07, 6.45) is 1.82. The van der Waals surface area contributed by atoms with E-state index in [0.29, 0.717) is 12.8 Å². The minimum absolute atomic E-state index is 0.378. The van der Waals surface area contributed by atoms with E-state index < -0.39 is 11.5 Å². The van der Waals surface area contributed by atoms with Crippen LogP contribution in [0.25, 0.3) is 0 Å². The highest BCUT2D eigenvalue weighted by Gasteiger charge is 2.46. The molecule has 0 atom stereocenters. The molecule has 0 unspecified atom stereocenters. The molecule has 1 fully saturated rings. The molecular formula is C15H20N2O3. The Bertz CT molecular complexity index is 530. The normalized spacial score (nSPS) is 16.1. The molecule has 1 aliphatic carbocycles. The van der Waals surface area contributed by atoms with Gasteiger partial charge in [0, 0.05) is 12.7 Å². The van der Waals surface area contributed by atoms with Gasteiger partial charge in [0.15, 0.2) is 0 Å². The molecule has 5 nitrogen and oxygen atoms in total. The number of hydrogen-bond donors (Lipinski definition) is 2. The SMILES string of the molecule is Cc1cc(C)cc(N(C)C(=O)NC2(C(=O)O)CCC2)c1. The fourth-order valence-corrected chi connectivity index (χ4v) is 2.47. The molecule has 0 heterocycles. The van der Waals surface area contributed by atoms with E-state index in [4.69, 9.17) is 0 Å². The van der Waals surface area contributed by atoms with Crippen molar-refractivity contribution in [3.8, 4) is 0 Å². The van der Waals surface area contributed by atoms with Crippen LogP contribution in [0.3, 0.4) is 0 Å². The smallest absolute Gasteiger partial charge is 0.329 e. The molecule has 1 aromatic rings. The zero-order valence-corrected chi connectivity index (χ0v) is 12.1. The number of aliphatic carboxylic acids is 1. The fraction of sp³-hybridized carbons (Fsp3) is 0.467. The van der Waals surface area contributed by atoms with Crippen LogP contribution >= 0.6 is 0 Å². The molecule has 5 heteroatoms. The summed E-state index contributed by atoms with van der Waals surface area (Å²) in [5.41, 5.74) is 1.82. The van der Waals surface area contributed by atoms with Crippen LogP contribution in [0.5, 0.6) is 0 Å². The number of anilines is 1. The molecule has 108 valence electrons. The third kappa shape index (κ3) is 2.61. The number of nitrogens with one attached hydrogen (secondary N) is 1. The summed E-state index contributed by atoms with van der Waals surface area (Å²) in [7, 11) is 1.65. The van der Waals surface area contributed by atoms with E-state index in [9.17, 15) is 14.7 Å². The summed E-state index contributed by atoms with van der Waals surface area (Å²) in [6.45, 7) is 3.93. The molecule has 0 aliphatic heterocycles. The first kappa shape index (κ1) is 14.4. The Kier molecular flexibility index (Phi) is 3.70. The predicted octanol–water partition coefficient (Wildman–Crippen LogP) is 2.46. The van der Waals surface area contributed by atoms with Crippen LogP contribution in [0, 0.1) is 13.8 Å². The molecule has 1 aromatic carbocycles. The molecule has 1 saturated carbocycles. The van der Waals surface area contributed by atoms with E-state index in [1.807, 2.05) is 32.0 Å². The first-order valence-corrected chi connectivity index (χ1v) is 6.72. The number of nitrogens with zero attached hydrogens (tertiary/aromatic N) is 1. The van der Waals surface area contributed by atoms with Gasteiger partial charge in [0.25, 0.3) is 0 Å². The van der Waals surface area contributed by atoms with Crippen molar-refractivity contribution in [2.24, 2.45) is 0 Å². The van der Waals surface area contributed by atoms with Crippen molar-refractivity contribution in [3.05, 3.63) is 29.3 Å². The molecule has 2 N–H and O–H groups in total. The third-order valence-corrected chi connectivity index (χ3v) is 3.86. The molecule has 2 rings (SSSR count). The molecule has 0 saturated heterocycles. The minimum atomic E-state index is -1.08. The third-order valence-electron chi connectivity index (χ3n) is 3.86. The zero-order valence-electron chi connectivity index (χ0n) is 12.1. The topological polar surface area (TPSA) is 69.6 Å². The number of carbonyl (C=O) groups excluding carboxylic acids is 1. The van der Waals surface area contributed by atoms with Crippen LogP contribution in [0.15, 0.2) is 18.2 Å². The zero-order chi connectivity index (χ0) is 14.9. The van der Waals surface area contributed by atoms with Crippen LogP contribution in [0.2, 0.25) is 0 Å². The van der Waals surface area contributed by atoms with Gasteiger partial charge in [0.05, 0.1) is 0 Å². The Hall–Kier alpha value is -2.04. The number of urea groups is 1. The monoisotopic (exact) mass is 276 g/mol. The second kappa shape index (κ2) is 5.15. The quantitative estimate of drug-likeness (QED) is 0.891. The maximum Gasteiger partial charge on any atom is 0.329 e. The first-order chi connectivity index (χ1) is 9.34. The average molecular weight is 276 g/mol. The van der Waals surface area contributed by atoms with Gasteiger partial charge in [0.1, 0.15) is 5.54 Å². The van der Waals surface area contributed by atoms with Crippen molar-refractivity contribution >= 4 is 17.7 Å². The van der Waals surface area contributed by atoms with Gasteiger partial charge in [-0.1, -0.05) is 6.07 Å². The highest BCUT2D eigenvalue weighted by atomic mass is 16.4. The predicted molar refractivity (Wildman–Crippen MR) is 77.1 cm³/mol. The molecule has 2 amide bonds. The van der Waals surface area contributed by atoms with Crippen LogP contribution in [-0.2, 0) is 4.79 Å². The summed E-state index contributed by atoms with van der Waals surface area (Å²) in [5, 5.41) is 11.9. The summed E-state index contributed by atoms with van der Waals surface area (Å²) in [6, 6.07) is 5.46. The van der Waals surface area contributed by atoms with E-state index in [2.05, 4.69) is 5.32 Å². The standard InChI is InChI=1S/C15H20N2O3/c1-10-7-11(2)9-12(8-10)17(3)14(20)16-15(13(18)19)5-4-6-15/h7-9H,4-6H2,1-3H3,(H,16,20)(H,18,19). The van der Waals surface area contributed by atoms with Crippen LogP contribution < -0.4 is 10.2 Å². The summed E-state index contributed by atoms with van der Waals surface area (Å²) in [4.78, 5) is 25.0. The number of carbonyl (C=O) groups is 2. The summed E-state index contributed by atoms with van der Waals surface area (Å²) in [5.74, 6) is -0.953. The van der Waals surface area contributed by atoms with E-state index in [1.165, 1.54) is 4.90 Å². The first-order valence-electron chi connectivity index (χ1n) is 6.72. The Morgan fingerprint density at radius 1 is 1.20 bits per heavy atom. The lowest BCUT2D eigenvalue weighted by molar-refractivity contribution is -0.148. The fourth-order valence-electron chi connectivity index (χ4n) is 2.47. The number of aryl methyl sites for hydroxylation is 2. The molecule has 0 bridgehead atoms. The lowest BCUT2D eigenvalue weighted by atomic mass is 9.77. The molecule has 20 heavy (non-hydrogen) atoms. The van der Waals surface area contributed by atoms with Gasteiger partial charge in [-0.25, -0.2) is 9.59 Å². The molecule has 0 aromatic heterocycles. The molecule has 1 aliphatic rings. The Balaban J connectivity index is 2.14. The Morgan fingerprint density at radius 3 is 2.15 bits per heavy atom. The maximum atomic E-state index is 12.2. The highest BCUT2D eigenvalue weighted by molar-refractivity contribution is 5.96. The van der Waals surface area contributed by atoms with Gasteiger partial charge in [-0.2, -0.15) is 0 Å². The van der Waals surface area contributed by atoms with Gasteiger partial charge >= 0.3 is 12.0 Å². The molecule has 0 spiro atoms. The summed E-state index contributed by atoms with van der Waals surface area (Å²) < 4.78 is 0. The van der Waals surface area contributed by atoms with Gasteiger partial charge < -0.3 is 10.4 Å². The number of benzene rings is 1. The van der Waals surface area contributed by atoms with Crippen molar-refractivity contribution in [2.45, 2.75) is 38.6 Å². The number of hydrogen-bond acceptors (Lipinski definition) is 2. The second-order valence-corrected chi connectivity index (χ2v) is 5.58. The number of carboxylic acids is 1. The Morgan fingerprint density at radius 2 is 1.75 bits per heavy atom. The summed E-state index contributed by atoms with van der Waals surface area (Å²) >= 11 is 0. The van der Waals surface area contributed by atoms with Crippen molar-refractivity contribution in [1.82, 2.24) is 5.32 Å². The van der Waals surface area contributed by atoms with Crippen LogP contribution in [0.1, 0.15) is 30.4 Å². The second-order valence-electron chi connectivity index (χ2n) is 5.58. The molecular weight excluding hydrogens is 256 g/mol. The van der Waals surface area contributed by atoms with Gasteiger partial charge in [-0.3, -0.25) is 4.90 Å². The van der Waals surface area contributed by atoms with Crippen molar-refractivity contribution in [2.75, 3.05) is 11.9 Å². The van der Waals surface area contributed by atoms with Gasteiger partial charge in [0.2, 0.25) is 0 Å². The highest BCUT2D eigenvalue weighted by Crippen LogP contribution is 2.32. The lowest BCUT2D eigenvalue weighted by Gasteiger charge is -2.39. The Labute approximate surface area is 118 Å². The van der Waals surface area contributed by atoms with Gasteiger partial charge in [-0.15, -0.1) is 0 Å². The van der Waals surface area contributed by atoms with Crippen molar-refractivity contribution in [1.29, 1.82) is 0 Å². The number of carboxylic acid groups (broad SMARTS) is 1. The lowest BCUT2D eigenvalue weighted by Crippen LogP contribution is -2.61. The molecule has 0 radical (unpaired) electrons. The number of amides is 2. The average Bonchev–Trinajstić information content (AvgIpc) is 2.30. The van der Waals surface area contributed by atoms with Crippen molar-refractivity contribution < 1.29 is 14.7 Å². The van der Waals surface area contributed by atoms with E-state index in [1.54, 1.807) is 7.05 Å². The largest absolute Gasteiger partial charge is 0.480 e. The van der Waals surface area contributed by atoms with Crippen molar-refractivity contribution in [3.63, 3.8) is 0 Å². The van der Waals surface area contributed by atoms with Crippen LogP contribution in [-0.4, -0.2) is 29.7 Å². The maximum absolute atomic E-state index is 12.2.